The van der Waals surface area contributed by atoms with Crippen LogP contribution in [0.2, 0.25) is 0 Å². The molecule has 2 rings (SSSR count). The van der Waals surface area contributed by atoms with Crippen LogP contribution in [-0.2, 0) is 4.79 Å². The molecule has 0 spiro atoms. The summed E-state index contributed by atoms with van der Waals surface area (Å²) >= 11 is 2.19. The largest absolute Gasteiger partial charge is 0.496 e. The summed E-state index contributed by atoms with van der Waals surface area (Å²) in [5.74, 6) is 1.25. The first-order valence-electron chi connectivity index (χ1n) is 7.77. The SMILES string of the molecule is COc1ccc(C=NNC(=O)COc2c(C)ccc(C)c2C)cc1I. The molecule has 0 saturated carbocycles. The molecule has 0 heterocycles. The molecule has 0 atom stereocenters. The maximum atomic E-state index is 11.9. The number of carbonyl (C=O) groups excluding carboxylic acids is 1. The van der Waals surface area contributed by atoms with Gasteiger partial charge in [-0.15, -0.1) is 0 Å². The van der Waals surface area contributed by atoms with Crippen LogP contribution in [0.1, 0.15) is 22.3 Å². The van der Waals surface area contributed by atoms with Gasteiger partial charge in [-0.05, 0) is 83.8 Å². The van der Waals surface area contributed by atoms with Gasteiger partial charge in [0.15, 0.2) is 6.61 Å². The fourth-order valence-electron chi connectivity index (χ4n) is 2.26. The van der Waals surface area contributed by atoms with Crippen LogP contribution in [-0.4, -0.2) is 25.8 Å². The minimum absolute atomic E-state index is 0.0807. The smallest absolute Gasteiger partial charge is 0.277 e. The number of nitrogens with one attached hydrogen (secondary N) is 1. The van der Waals surface area contributed by atoms with Crippen LogP contribution >= 0.6 is 22.6 Å². The first kappa shape index (κ1) is 19.2. The third kappa shape index (κ3) is 5.19. The lowest BCUT2D eigenvalue weighted by atomic mass is 10.1. The summed E-state index contributed by atoms with van der Waals surface area (Å²) in [5, 5.41) is 3.96. The molecule has 0 aliphatic carbocycles. The summed E-state index contributed by atoms with van der Waals surface area (Å²) in [6, 6.07) is 9.67. The predicted molar refractivity (Wildman–Crippen MR) is 108 cm³/mol. The molecule has 2 aromatic carbocycles. The number of hydrogen-bond donors (Lipinski definition) is 1. The molecule has 2 aromatic rings. The lowest BCUT2D eigenvalue weighted by Crippen LogP contribution is -2.25. The average molecular weight is 452 g/mol. The molecule has 25 heavy (non-hydrogen) atoms. The average Bonchev–Trinajstić information content (AvgIpc) is 2.58. The molecule has 0 unspecified atom stereocenters. The Balaban J connectivity index is 1.91. The molecule has 0 bridgehead atoms. The molecule has 1 N–H and O–H groups in total. The zero-order chi connectivity index (χ0) is 18.4. The molecule has 1 amide bonds. The summed E-state index contributed by atoms with van der Waals surface area (Å²) in [6.45, 7) is 5.88. The lowest BCUT2D eigenvalue weighted by molar-refractivity contribution is -0.123. The van der Waals surface area contributed by atoms with E-state index in [0.717, 1.165) is 37.3 Å². The van der Waals surface area contributed by atoms with Crippen molar-refractivity contribution in [2.75, 3.05) is 13.7 Å². The Kier molecular flexibility index (Phi) is 6.81. The minimum Gasteiger partial charge on any atom is -0.496 e. The van der Waals surface area contributed by atoms with E-state index in [1.807, 2.05) is 51.1 Å². The monoisotopic (exact) mass is 452 g/mol. The molecule has 0 saturated heterocycles. The van der Waals surface area contributed by atoms with Gasteiger partial charge >= 0.3 is 0 Å². The highest BCUT2D eigenvalue weighted by atomic mass is 127. The Labute approximate surface area is 161 Å². The summed E-state index contributed by atoms with van der Waals surface area (Å²) < 4.78 is 11.8. The van der Waals surface area contributed by atoms with Gasteiger partial charge in [0, 0.05) is 0 Å². The Morgan fingerprint density at radius 2 is 1.92 bits per heavy atom. The van der Waals surface area contributed by atoms with Crippen molar-refractivity contribution < 1.29 is 14.3 Å². The standard InChI is InChI=1S/C19H21IN2O3/c1-12-5-6-13(2)19(14(12)3)25-11-18(23)22-21-10-15-7-8-17(24-4)16(20)9-15/h5-10H,11H2,1-4H3,(H,22,23). The van der Waals surface area contributed by atoms with Gasteiger partial charge in [-0.1, -0.05) is 12.1 Å². The van der Waals surface area contributed by atoms with E-state index in [2.05, 4.69) is 33.1 Å². The van der Waals surface area contributed by atoms with E-state index < -0.39 is 0 Å². The number of halogens is 1. The Morgan fingerprint density at radius 1 is 1.20 bits per heavy atom. The van der Waals surface area contributed by atoms with E-state index in [-0.39, 0.29) is 12.5 Å². The number of nitrogens with zero attached hydrogens (tertiary/aromatic N) is 1. The molecule has 0 aromatic heterocycles. The highest BCUT2D eigenvalue weighted by Crippen LogP contribution is 2.25. The summed E-state index contributed by atoms with van der Waals surface area (Å²) in [4.78, 5) is 11.9. The molecule has 6 heteroatoms. The van der Waals surface area contributed by atoms with Crippen LogP contribution in [0.3, 0.4) is 0 Å². The number of amides is 1. The van der Waals surface area contributed by atoms with E-state index in [1.54, 1.807) is 13.3 Å². The van der Waals surface area contributed by atoms with Crippen molar-refractivity contribution in [3.05, 3.63) is 56.2 Å². The Morgan fingerprint density at radius 3 is 2.60 bits per heavy atom. The number of carbonyl (C=O) groups is 1. The van der Waals surface area contributed by atoms with Crippen molar-refractivity contribution in [3.63, 3.8) is 0 Å². The number of rotatable bonds is 6. The van der Waals surface area contributed by atoms with Crippen molar-refractivity contribution >= 4 is 34.7 Å². The third-order valence-electron chi connectivity index (χ3n) is 3.80. The van der Waals surface area contributed by atoms with E-state index in [1.165, 1.54) is 0 Å². The minimum atomic E-state index is -0.306. The number of aryl methyl sites for hydroxylation is 2. The van der Waals surface area contributed by atoms with E-state index in [0.29, 0.717) is 0 Å². The van der Waals surface area contributed by atoms with Crippen LogP contribution < -0.4 is 14.9 Å². The highest BCUT2D eigenvalue weighted by Gasteiger charge is 2.08. The van der Waals surface area contributed by atoms with Crippen LogP contribution in [0, 0.1) is 24.3 Å². The van der Waals surface area contributed by atoms with Gasteiger partial charge in [0.2, 0.25) is 0 Å². The summed E-state index contributed by atoms with van der Waals surface area (Å²) in [6.07, 6.45) is 1.59. The molecule has 0 radical (unpaired) electrons. The third-order valence-corrected chi connectivity index (χ3v) is 4.64. The van der Waals surface area contributed by atoms with Crippen molar-refractivity contribution in [1.82, 2.24) is 5.43 Å². The molecule has 0 aliphatic rings. The molecular formula is C19H21IN2O3. The predicted octanol–water partition coefficient (Wildman–Crippen LogP) is 3.75. The normalized spacial score (nSPS) is 10.8. The number of ether oxygens (including phenoxy) is 2. The van der Waals surface area contributed by atoms with E-state index in [4.69, 9.17) is 9.47 Å². The van der Waals surface area contributed by atoms with E-state index >= 15 is 0 Å². The second-order valence-electron chi connectivity index (χ2n) is 5.63. The molecule has 5 nitrogen and oxygen atoms in total. The topological polar surface area (TPSA) is 59.9 Å². The Hall–Kier alpha value is -2.09. The van der Waals surface area contributed by atoms with Crippen molar-refractivity contribution in [3.8, 4) is 11.5 Å². The first-order valence-corrected chi connectivity index (χ1v) is 8.85. The maximum absolute atomic E-state index is 11.9. The van der Waals surface area contributed by atoms with Crippen molar-refractivity contribution in [2.45, 2.75) is 20.8 Å². The van der Waals surface area contributed by atoms with Gasteiger partial charge in [-0.2, -0.15) is 5.10 Å². The highest BCUT2D eigenvalue weighted by molar-refractivity contribution is 14.1. The molecule has 0 aliphatic heterocycles. The Bertz CT molecular complexity index is 803. The molecular weight excluding hydrogens is 431 g/mol. The van der Waals surface area contributed by atoms with Crippen LogP contribution in [0.4, 0.5) is 0 Å². The van der Waals surface area contributed by atoms with Gasteiger partial charge in [-0.25, -0.2) is 5.43 Å². The quantitative estimate of drug-likeness (QED) is 0.413. The number of hydrogen-bond acceptors (Lipinski definition) is 4. The summed E-state index contributed by atoms with van der Waals surface area (Å²) in [5.41, 5.74) is 6.53. The van der Waals surface area contributed by atoms with Gasteiger partial charge < -0.3 is 9.47 Å². The van der Waals surface area contributed by atoms with Crippen LogP contribution in [0.25, 0.3) is 0 Å². The van der Waals surface area contributed by atoms with Crippen LogP contribution in [0.5, 0.6) is 11.5 Å². The molecule has 0 fully saturated rings. The second-order valence-corrected chi connectivity index (χ2v) is 6.79. The maximum Gasteiger partial charge on any atom is 0.277 e. The number of hydrazone groups is 1. The van der Waals surface area contributed by atoms with Gasteiger partial charge in [0.25, 0.3) is 5.91 Å². The second kappa shape index (κ2) is 8.84. The fraction of sp³-hybridized carbons (Fsp3) is 0.263. The van der Waals surface area contributed by atoms with Gasteiger partial charge in [-0.3, -0.25) is 4.79 Å². The van der Waals surface area contributed by atoms with Gasteiger partial charge in [0.05, 0.1) is 16.9 Å². The van der Waals surface area contributed by atoms with Crippen molar-refractivity contribution in [1.29, 1.82) is 0 Å². The fourth-order valence-corrected chi connectivity index (χ4v) is 3.02. The summed E-state index contributed by atoms with van der Waals surface area (Å²) in [7, 11) is 1.63. The number of methoxy groups -OCH3 is 1. The van der Waals surface area contributed by atoms with Crippen LogP contribution in [0.15, 0.2) is 35.4 Å². The van der Waals surface area contributed by atoms with E-state index in [9.17, 15) is 4.79 Å². The zero-order valence-electron chi connectivity index (χ0n) is 14.7. The number of benzene rings is 2. The van der Waals surface area contributed by atoms with Crippen molar-refractivity contribution in [2.24, 2.45) is 5.10 Å². The molecule has 132 valence electrons. The first-order chi connectivity index (χ1) is 11.9. The van der Waals surface area contributed by atoms with Gasteiger partial charge in [0.1, 0.15) is 11.5 Å². The lowest BCUT2D eigenvalue weighted by Gasteiger charge is -2.13. The zero-order valence-corrected chi connectivity index (χ0v) is 16.9.